The zero-order valence-corrected chi connectivity index (χ0v) is 20.1. The van der Waals surface area contributed by atoms with Crippen molar-refractivity contribution in [3.8, 4) is 0 Å². The van der Waals surface area contributed by atoms with Crippen molar-refractivity contribution in [1.82, 2.24) is 10.2 Å². The topological polar surface area (TPSA) is 69.7 Å². The number of hydrogen-bond donors (Lipinski definition) is 1. The number of carbonyl (C=O) groups excluding carboxylic acids is 1. The Morgan fingerprint density at radius 3 is 1.94 bits per heavy atom. The molecule has 7 heteroatoms. The average molecular weight is 466 g/mol. The van der Waals surface area contributed by atoms with E-state index < -0.39 is 10.0 Å². The van der Waals surface area contributed by atoms with Crippen LogP contribution in [-0.2, 0) is 10.0 Å². The van der Waals surface area contributed by atoms with Crippen LogP contribution in [0.1, 0.15) is 35.8 Å². The number of benzene rings is 3. The van der Waals surface area contributed by atoms with Gasteiger partial charge in [0.15, 0.2) is 0 Å². The number of para-hydroxylation sites is 1. The number of likely N-dealkylation sites (N-methyl/N-ethyl adjacent to an activating group) is 1. The summed E-state index contributed by atoms with van der Waals surface area (Å²) in [6.07, 6.45) is 0. The van der Waals surface area contributed by atoms with E-state index in [2.05, 4.69) is 36.2 Å². The number of nitrogens with one attached hydrogen (secondary N) is 1. The summed E-state index contributed by atoms with van der Waals surface area (Å²) in [4.78, 5) is 15.2. The van der Waals surface area contributed by atoms with E-state index in [4.69, 9.17) is 0 Å². The molecule has 0 saturated heterocycles. The zero-order chi connectivity index (χ0) is 23.8. The maximum atomic E-state index is 12.9. The molecular formula is C26H31N3O3S. The van der Waals surface area contributed by atoms with Crippen molar-refractivity contribution < 1.29 is 13.2 Å². The number of nitrogens with zero attached hydrogens (tertiary/aromatic N) is 2. The molecule has 1 atom stereocenters. The average Bonchev–Trinajstić information content (AvgIpc) is 2.87. The minimum absolute atomic E-state index is 0.0596. The second-order valence-corrected chi connectivity index (χ2v) is 9.66. The molecule has 1 amide bonds. The van der Waals surface area contributed by atoms with E-state index in [1.165, 1.54) is 23.5 Å². The van der Waals surface area contributed by atoms with Crippen LogP contribution in [-0.4, -0.2) is 45.9 Å². The molecule has 3 rings (SSSR count). The lowest BCUT2D eigenvalue weighted by Crippen LogP contribution is -2.38. The summed E-state index contributed by atoms with van der Waals surface area (Å²) in [5.74, 6) is -0.233. The predicted octanol–water partition coefficient (Wildman–Crippen LogP) is 4.32. The van der Waals surface area contributed by atoms with Gasteiger partial charge in [0.1, 0.15) is 0 Å². The summed E-state index contributed by atoms with van der Waals surface area (Å²) < 4.78 is 27.1. The predicted molar refractivity (Wildman–Crippen MR) is 133 cm³/mol. The van der Waals surface area contributed by atoms with Gasteiger partial charge in [0.2, 0.25) is 0 Å². The van der Waals surface area contributed by atoms with E-state index in [0.717, 1.165) is 18.7 Å². The van der Waals surface area contributed by atoms with Crippen LogP contribution in [0.5, 0.6) is 0 Å². The first-order valence-electron chi connectivity index (χ1n) is 11.1. The van der Waals surface area contributed by atoms with Gasteiger partial charge in [-0.1, -0.05) is 62.4 Å². The van der Waals surface area contributed by atoms with Gasteiger partial charge in [0.05, 0.1) is 16.6 Å². The number of hydrogen-bond acceptors (Lipinski definition) is 4. The van der Waals surface area contributed by atoms with Crippen LogP contribution in [0, 0.1) is 0 Å². The molecule has 0 aliphatic rings. The lowest BCUT2D eigenvalue weighted by atomic mass is 10.0. The SMILES string of the molecule is CCN(CC)C(CNC(=O)c1ccc(S(=O)(=O)N(C)c2ccccc2)cc1)c1ccccc1. The highest BCUT2D eigenvalue weighted by Gasteiger charge is 2.22. The van der Waals surface area contributed by atoms with Crippen LogP contribution < -0.4 is 9.62 Å². The highest BCUT2D eigenvalue weighted by Crippen LogP contribution is 2.22. The Morgan fingerprint density at radius 2 is 1.39 bits per heavy atom. The molecule has 174 valence electrons. The normalized spacial score (nSPS) is 12.4. The molecule has 0 bridgehead atoms. The maximum absolute atomic E-state index is 12.9. The number of sulfonamides is 1. The summed E-state index contributed by atoms with van der Waals surface area (Å²) in [6, 6.07) is 25.1. The second-order valence-electron chi connectivity index (χ2n) is 7.69. The fraction of sp³-hybridized carbons (Fsp3) is 0.269. The van der Waals surface area contributed by atoms with Crippen LogP contribution in [0.15, 0.2) is 89.8 Å². The Kier molecular flexibility index (Phi) is 8.25. The molecule has 0 heterocycles. The quantitative estimate of drug-likeness (QED) is 0.484. The lowest BCUT2D eigenvalue weighted by molar-refractivity contribution is 0.0935. The van der Waals surface area contributed by atoms with Gasteiger partial charge in [0, 0.05) is 19.2 Å². The van der Waals surface area contributed by atoms with Crippen molar-refractivity contribution in [3.05, 3.63) is 96.1 Å². The molecule has 0 aromatic heterocycles. The van der Waals surface area contributed by atoms with E-state index in [9.17, 15) is 13.2 Å². The van der Waals surface area contributed by atoms with Crippen molar-refractivity contribution in [2.75, 3.05) is 31.0 Å². The molecule has 1 unspecified atom stereocenters. The molecule has 0 radical (unpaired) electrons. The highest BCUT2D eigenvalue weighted by molar-refractivity contribution is 7.92. The number of amides is 1. The van der Waals surface area contributed by atoms with Gasteiger partial charge in [0.25, 0.3) is 15.9 Å². The minimum atomic E-state index is -3.72. The first-order chi connectivity index (χ1) is 15.9. The van der Waals surface area contributed by atoms with Crippen molar-refractivity contribution in [1.29, 1.82) is 0 Å². The Hall–Kier alpha value is -3.16. The van der Waals surface area contributed by atoms with Gasteiger partial charge in [-0.25, -0.2) is 8.42 Å². The van der Waals surface area contributed by atoms with Gasteiger partial charge in [-0.15, -0.1) is 0 Å². The fourth-order valence-corrected chi connectivity index (χ4v) is 5.00. The van der Waals surface area contributed by atoms with E-state index in [1.807, 2.05) is 24.3 Å². The number of anilines is 1. The van der Waals surface area contributed by atoms with Crippen molar-refractivity contribution >= 4 is 21.6 Å². The molecule has 3 aromatic carbocycles. The van der Waals surface area contributed by atoms with Crippen molar-refractivity contribution in [2.24, 2.45) is 0 Å². The van der Waals surface area contributed by atoms with Gasteiger partial charge in [-0.2, -0.15) is 0 Å². The highest BCUT2D eigenvalue weighted by atomic mass is 32.2. The first kappa shape index (κ1) is 24.5. The van der Waals surface area contributed by atoms with Crippen LogP contribution in [0.25, 0.3) is 0 Å². The standard InChI is InChI=1S/C26H31N3O3S/c1-4-29(5-2)25(21-12-8-6-9-13-21)20-27-26(30)22-16-18-24(19-17-22)33(31,32)28(3)23-14-10-7-11-15-23/h6-19,25H,4-5,20H2,1-3H3,(H,27,30). The Bertz CT molecular complexity index is 1130. The lowest BCUT2D eigenvalue weighted by Gasteiger charge is -2.30. The molecule has 33 heavy (non-hydrogen) atoms. The van der Waals surface area contributed by atoms with Crippen LogP contribution in [0.2, 0.25) is 0 Å². The summed E-state index contributed by atoms with van der Waals surface area (Å²) in [7, 11) is -2.20. The Balaban J connectivity index is 1.72. The monoisotopic (exact) mass is 465 g/mol. The maximum Gasteiger partial charge on any atom is 0.264 e. The van der Waals surface area contributed by atoms with Gasteiger partial charge in [-0.05, 0) is 55.1 Å². The van der Waals surface area contributed by atoms with Gasteiger partial charge in [-0.3, -0.25) is 14.0 Å². The third-order valence-electron chi connectivity index (χ3n) is 5.79. The van der Waals surface area contributed by atoms with E-state index in [1.54, 1.807) is 36.4 Å². The molecule has 0 aliphatic heterocycles. The molecule has 0 spiro atoms. The summed E-state index contributed by atoms with van der Waals surface area (Å²) >= 11 is 0. The Labute approximate surface area is 196 Å². The van der Waals surface area contributed by atoms with Crippen LogP contribution in [0.3, 0.4) is 0 Å². The molecule has 1 N–H and O–H groups in total. The zero-order valence-electron chi connectivity index (χ0n) is 19.3. The molecular weight excluding hydrogens is 434 g/mol. The molecule has 0 fully saturated rings. The van der Waals surface area contributed by atoms with Gasteiger partial charge < -0.3 is 5.32 Å². The Morgan fingerprint density at radius 1 is 0.848 bits per heavy atom. The van der Waals surface area contributed by atoms with E-state index in [-0.39, 0.29) is 16.8 Å². The molecule has 3 aromatic rings. The number of rotatable bonds is 10. The van der Waals surface area contributed by atoms with Gasteiger partial charge >= 0.3 is 0 Å². The smallest absolute Gasteiger partial charge is 0.264 e. The van der Waals surface area contributed by atoms with E-state index >= 15 is 0 Å². The fourth-order valence-electron chi connectivity index (χ4n) is 3.80. The third-order valence-corrected chi connectivity index (χ3v) is 7.59. The third kappa shape index (κ3) is 5.80. The van der Waals surface area contributed by atoms with E-state index in [0.29, 0.717) is 17.8 Å². The molecule has 0 saturated carbocycles. The summed E-state index contributed by atoms with van der Waals surface area (Å²) in [5.41, 5.74) is 2.14. The molecule has 6 nitrogen and oxygen atoms in total. The van der Waals surface area contributed by atoms with Crippen LogP contribution in [0.4, 0.5) is 5.69 Å². The summed E-state index contributed by atoms with van der Waals surface area (Å²) in [6.45, 7) is 6.40. The summed E-state index contributed by atoms with van der Waals surface area (Å²) in [5, 5.41) is 3.01. The first-order valence-corrected chi connectivity index (χ1v) is 12.5. The minimum Gasteiger partial charge on any atom is -0.350 e. The molecule has 0 aliphatic carbocycles. The van der Waals surface area contributed by atoms with Crippen molar-refractivity contribution in [2.45, 2.75) is 24.8 Å². The second kappa shape index (κ2) is 11.1. The van der Waals surface area contributed by atoms with Crippen molar-refractivity contribution in [3.63, 3.8) is 0 Å². The number of carbonyl (C=O) groups is 1. The largest absolute Gasteiger partial charge is 0.350 e. The van der Waals surface area contributed by atoms with Crippen LogP contribution >= 0.6 is 0 Å².